The number of hydrogen-bond acceptors (Lipinski definition) is 4. The summed E-state index contributed by atoms with van der Waals surface area (Å²) in [7, 11) is 0. The van der Waals surface area contributed by atoms with Gasteiger partial charge in [0.05, 0.1) is 11.0 Å². The van der Waals surface area contributed by atoms with Crippen molar-refractivity contribution in [2.45, 2.75) is 25.9 Å². The first-order chi connectivity index (χ1) is 8.97. The van der Waals surface area contributed by atoms with Crippen LogP contribution in [0, 0.1) is 21.8 Å². The fourth-order valence-electron chi connectivity index (χ4n) is 2.41. The minimum atomic E-state index is -0.588. The predicted octanol–water partition coefficient (Wildman–Crippen LogP) is 1.90. The Morgan fingerprint density at radius 2 is 2.32 bits per heavy atom. The minimum absolute atomic E-state index is 0.206. The van der Waals surface area contributed by atoms with E-state index in [-0.39, 0.29) is 11.7 Å². The highest BCUT2D eigenvalue weighted by atomic mass is 19.1. The summed E-state index contributed by atoms with van der Waals surface area (Å²) in [6.45, 7) is 4.23. The van der Waals surface area contributed by atoms with Gasteiger partial charge < -0.3 is 5.73 Å². The highest BCUT2D eigenvalue weighted by Gasteiger charge is 2.23. The van der Waals surface area contributed by atoms with Crippen LogP contribution in [0.4, 0.5) is 10.1 Å². The molecule has 0 spiro atoms. The monoisotopic (exact) mass is 267 g/mol. The van der Waals surface area contributed by atoms with E-state index in [2.05, 4.69) is 11.8 Å². The molecule has 2 atom stereocenters. The smallest absolute Gasteiger partial charge is 0.272 e. The molecule has 19 heavy (non-hydrogen) atoms. The second-order valence-corrected chi connectivity index (χ2v) is 5.20. The van der Waals surface area contributed by atoms with Crippen LogP contribution in [0.15, 0.2) is 18.2 Å². The molecule has 2 unspecified atom stereocenters. The number of nitrogens with two attached hydrogens (primary N) is 1. The van der Waals surface area contributed by atoms with Gasteiger partial charge in [-0.15, -0.1) is 0 Å². The topological polar surface area (TPSA) is 72.4 Å². The lowest BCUT2D eigenvalue weighted by molar-refractivity contribution is -0.385. The number of likely N-dealkylation sites (tertiary alicyclic amines) is 1. The molecule has 0 saturated carbocycles. The summed E-state index contributed by atoms with van der Waals surface area (Å²) in [5.41, 5.74) is 6.22. The van der Waals surface area contributed by atoms with Gasteiger partial charge in [-0.3, -0.25) is 15.0 Å². The standard InChI is InChI=1S/C13H18FN3O2/c1-9-7-16(5-4-13(9)15)8-10-2-3-11(17(18)19)6-12(10)14/h2-3,6,9,13H,4-5,7-8,15H2,1H3. The van der Waals surface area contributed by atoms with Gasteiger partial charge in [0.15, 0.2) is 0 Å². The van der Waals surface area contributed by atoms with Gasteiger partial charge in [0.25, 0.3) is 5.69 Å². The van der Waals surface area contributed by atoms with Gasteiger partial charge in [-0.05, 0) is 24.9 Å². The summed E-state index contributed by atoms with van der Waals surface area (Å²) >= 11 is 0. The Balaban J connectivity index is 2.05. The van der Waals surface area contributed by atoms with Crippen molar-refractivity contribution in [3.8, 4) is 0 Å². The molecule has 0 aliphatic carbocycles. The molecule has 0 bridgehead atoms. The first-order valence-electron chi connectivity index (χ1n) is 6.38. The maximum atomic E-state index is 13.8. The van der Waals surface area contributed by atoms with Crippen LogP contribution in [0.1, 0.15) is 18.9 Å². The number of non-ortho nitro benzene ring substituents is 1. The number of nitro groups is 1. The summed E-state index contributed by atoms with van der Waals surface area (Å²) in [6.07, 6.45) is 0.899. The fraction of sp³-hybridized carbons (Fsp3) is 0.538. The predicted molar refractivity (Wildman–Crippen MR) is 70.1 cm³/mol. The zero-order valence-corrected chi connectivity index (χ0v) is 10.9. The Hall–Kier alpha value is -1.53. The average molecular weight is 267 g/mol. The van der Waals surface area contributed by atoms with Gasteiger partial charge in [-0.2, -0.15) is 0 Å². The number of nitro benzene ring substituents is 1. The first kappa shape index (κ1) is 13.9. The highest BCUT2D eigenvalue weighted by molar-refractivity contribution is 5.34. The molecular weight excluding hydrogens is 249 g/mol. The van der Waals surface area contributed by atoms with E-state index >= 15 is 0 Å². The van der Waals surface area contributed by atoms with Crippen LogP contribution in [-0.4, -0.2) is 29.0 Å². The molecule has 0 amide bonds. The van der Waals surface area contributed by atoms with Crippen molar-refractivity contribution in [3.05, 3.63) is 39.7 Å². The molecule has 1 aliphatic heterocycles. The molecule has 6 heteroatoms. The van der Waals surface area contributed by atoms with Crippen molar-refractivity contribution in [1.82, 2.24) is 4.90 Å². The van der Waals surface area contributed by atoms with E-state index in [9.17, 15) is 14.5 Å². The number of rotatable bonds is 3. The van der Waals surface area contributed by atoms with Crippen LogP contribution >= 0.6 is 0 Å². The number of piperidine rings is 1. The highest BCUT2D eigenvalue weighted by Crippen LogP contribution is 2.21. The third kappa shape index (κ3) is 3.27. The molecular formula is C13H18FN3O2. The molecule has 1 aromatic carbocycles. The fourth-order valence-corrected chi connectivity index (χ4v) is 2.41. The van der Waals surface area contributed by atoms with Crippen molar-refractivity contribution in [1.29, 1.82) is 0 Å². The van der Waals surface area contributed by atoms with E-state index in [1.807, 2.05) is 0 Å². The van der Waals surface area contributed by atoms with Gasteiger partial charge >= 0.3 is 0 Å². The summed E-state index contributed by atoms with van der Waals surface area (Å²) in [5.74, 6) is -0.133. The van der Waals surface area contributed by atoms with Crippen molar-refractivity contribution in [2.24, 2.45) is 11.7 Å². The maximum absolute atomic E-state index is 13.8. The summed E-state index contributed by atoms with van der Waals surface area (Å²) < 4.78 is 13.8. The van der Waals surface area contributed by atoms with Crippen LogP contribution in [0.3, 0.4) is 0 Å². The van der Waals surface area contributed by atoms with Crippen molar-refractivity contribution in [2.75, 3.05) is 13.1 Å². The van der Waals surface area contributed by atoms with E-state index in [0.29, 0.717) is 18.0 Å². The van der Waals surface area contributed by atoms with Crippen LogP contribution in [0.5, 0.6) is 0 Å². The molecule has 0 aromatic heterocycles. The van der Waals surface area contributed by atoms with Crippen LogP contribution in [0.25, 0.3) is 0 Å². The van der Waals surface area contributed by atoms with Gasteiger partial charge in [0, 0.05) is 30.8 Å². The SMILES string of the molecule is CC1CN(Cc2ccc([N+](=O)[O-])cc2F)CCC1N. The quantitative estimate of drug-likeness (QED) is 0.670. The van der Waals surface area contributed by atoms with Crippen LogP contribution in [0.2, 0.25) is 0 Å². The van der Waals surface area contributed by atoms with Gasteiger partial charge in [0.2, 0.25) is 0 Å². The Labute approximate surface area is 111 Å². The zero-order valence-electron chi connectivity index (χ0n) is 10.9. The Morgan fingerprint density at radius 1 is 1.58 bits per heavy atom. The Kier molecular flexibility index (Phi) is 4.11. The third-order valence-electron chi connectivity index (χ3n) is 3.70. The molecule has 0 radical (unpaired) electrons. The molecule has 5 nitrogen and oxygen atoms in total. The molecule has 1 aromatic rings. The van der Waals surface area contributed by atoms with Crippen molar-refractivity contribution in [3.63, 3.8) is 0 Å². The lowest BCUT2D eigenvalue weighted by Crippen LogP contribution is -2.45. The van der Waals surface area contributed by atoms with E-state index in [1.165, 1.54) is 12.1 Å². The van der Waals surface area contributed by atoms with E-state index < -0.39 is 10.7 Å². The van der Waals surface area contributed by atoms with E-state index in [0.717, 1.165) is 25.6 Å². The Bertz CT molecular complexity index is 481. The molecule has 1 heterocycles. The van der Waals surface area contributed by atoms with Gasteiger partial charge in [0.1, 0.15) is 5.82 Å². The van der Waals surface area contributed by atoms with Gasteiger partial charge in [-0.1, -0.05) is 6.92 Å². The molecule has 1 aliphatic rings. The summed E-state index contributed by atoms with van der Waals surface area (Å²) in [4.78, 5) is 12.1. The van der Waals surface area contributed by atoms with E-state index in [4.69, 9.17) is 5.73 Å². The third-order valence-corrected chi connectivity index (χ3v) is 3.70. The lowest BCUT2D eigenvalue weighted by Gasteiger charge is -2.35. The van der Waals surface area contributed by atoms with Crippen molar-refractivity contribution >= 4 is 5.69 Å². The number of benzene rings is 1. The van der Waals surface area contributed by atoms with Crippen molar-refractivity contribution < 1.29 is 9.31 Å². The number of halogens is 1. The van der Waals surface area contributed by atoms with Crippen LogP contribution < -0.4 is 5.73 Å². The molecule has 2 rings (SSSR count). The lowest BCUT2D eigenvalue weighted by atomic mass is 9.94. The van der Waals surface area contributed by atoms with Crippen LogP contribution in [-0.2, 0) is 6.54 Å². The summed E-state index contributed by atoms with van der Waals surface area (Å²) in [5, 5.41) is 10.5. The minimum Gasteiger partial charge on any atom is -0.327 e. The molecule has 2 N–H and O–H groups in total. The molecule has 1 fully saturated rings. The second kappa shape index (κ2) is 5.63. The normalized spacial score (nSPS) is 24.4. The van der Waals surface area contributed by atoms with Gasteiger partial charge in [-0.25, -0.2) is 4.39 Å². The first-order valence-corrected chi connectivity index (χ1v) is 6.38. The zero-order chi connectivity index (χ0) is 14.0. The average Bonchev–Trinajstić information content (AvgIpc) is 2.36. The maximum Gasteiger partial charge on any atom is 0.272 e. The second-order valence-electron chi connectivity index (χ2n) is 5.20. The molecule has 104 valence electrons. The number of hydrogen-bond donors (Lipinski definition) is 1. The van der Waals surface area contributed by atoms with E-state index in [1.54, 1.807) is 0 Å². The summed E-state index contributed by atoms with van der Waals surface area (Å²) in [6, 6.07) is 4.02. The molecule has 1 saturated heterocycles. The Morgan fingerprint density at radius 3 is 2.89 bits per heavy atom. The number of nitrogens with zero attached hydrogens (tertiary/aromatic N) is 2. The largest absolute Gasteiger partial charge is 0.327 e.